The normalized spacial score (nSPS) is 11.4. The summed E-state index contributed by atoms with van der Waals surface area (Å²) in [5, 5.41) is 19.2. The average molecular weight is 268 g/mol. The second kappa shape index (κ2) is 6.44. The van der Waals surface area contributed by atoms with Crippen LogP contribution in [0.1, 0.15) is 23.2 Å². The van der Waals surface area contributed by atoms with Gasteiger partial charge in [-0.15, -0.1) is 0 Å². The fourth-order valence-corrected chi connectivity index (χ4v) is 1.38. The average Bonchev–Trinajstić information content (AvgIpc) is 2.37. The first kappa shape index (κ1) is 14.6. The molecule has 0 aliphatic heterocycles. The third-order valence-corrected chi connectivity index (χ3v) is 2.34. The van der Waals surface area contributed by atoms with E-state index in [1.165, 1.54) is 0 Å². The number of amides is 1. The third-order valence-electron chi connectivity index (χ3n) is 2.34. The molecular formula is C12H10F2N2O3. The summed E-state index contributed by atoms with van der Waals surface area (Å²) in [5.41, 5.74) is -0.580. The first-order valence-electron chi connectivity index (χ1n) is 5.32. The molecule has 1 rings (SSSR count). The minimum atomic E-state index is -1.35. The number of rotatable bonds is 5. The third kappa shape index (κ3) is 3.74. The summed E-state index contributed by atoms with van der Waals surface area (Å²) in [5.74, 6) is -4.93. The van der Waals surface area contributed by atoms with Gasteiger partial charge in [-0.1, -0.05) is 6.07 Å². The van der Waals surface area contributed by atoms with E-state index in [0.29, 0.717) is 0 Å². The monoisotopic (exact) mass is 268 g/mol. The molecular weight excluding hydrogens is 258 g/mol. The molecule has 0 aliphatic rings. The van der Waals surface area contributed by atoms with Crippen molar-refractivity contribution in [2.24, 2.45) is 0 Å². The minimum absolute atomic E-state index is 0.0805. The first-order chi connectivity index (χ1) is 8.97. The van der Waals surface area contributed by atoms with Gasteiger partial charge in [-0.05, 0) is 18.6 Å². The molecule has 0 spiro atoms. The lowest BCUT2D eigenvalue weighted by Crippen LogP contribution is -2.41. The number of hydrogen-bond donors (Lipinski definition) is 2. The molecule has 0 unspecified atom stereocenters. The van der Waals surface area contributed by atoms with Gasteiger partial charge in [0.25, 0.3) is 5.91 Å². The molecule has 1 aromatic rings. The van der Waals surface area contributed by atoms with Crippen molar-refractivity contribution >= 4 is 11.9 Å². The van der Waals surface area contributed by atoms with Crippen molar-refractivity contribution in [3.63, 3.8) is 0 Å². The lowest BCUT2D eigenvalue weighted by Gasteiger charge is -2.13. The second-order valence-corrected chi connectivity index (χ2v) is 3.66. The van der Waals surface area contributed by atoms with Crippen LogP contribution in [0.2, 0.25) is 0 Å². The number of hydrogen-bond acceptors (Lipinski definition) is 3. The summed E-state index contributed by atoms with van der Waals surface area (Å²) < 4.78 is 26.2. The topological polar surface area (TPSA) is 90.2 Å². The molecule has 0 fully saturated rings. The lowest BCUT2D eigenvalue weighted by atomic mass is 10.1. The molecule has 0 aliphatic carbocycles. The number of nitrogens with zero attached hydrogens (tertiary/aromatic N) is 1. The van der Waals surface area contributed by atoms with Gasteiger partial charge >= 0.3 is 5.97 Å². The van der Waals surface area contributed by atoms with Crippen LogP contribution in [0.5, 0.6) is 0 Å². The largest absolute Gasteiger partial charge is 0.480 e. The summed E-state index contributed by atoms with van der Waals surface area (Å²) in [6.45, 7) is 0. The molecule has 1 amide bonds. The van der Waals surface area contributed by atoms with E-state index in [9.17, 15) is 18.4 Å². The lowest BCUT2D eigenvalue weighted by molar-refractivity contribution is -0.139. The number of carbonyl (C=O) groups excluding carboxylic acids is 1. The standard InChI is InChI=1S/C12H10F2N2O3/c13-8-4-1-3-7(10(8)14)11(17)16-9(12(18)19)5-2-6-15/h1,3-4,9H,2,5H2,(H,16,17)(H,18,19)/t9-/m1/s1. The second-order valence-electron chi connectivity index (χ2n) is 3.66. The zero-order chi connectivity index (χ0) is 14.4. The van der Waals surface area contributed by atoms with Gasteiger partial charge < -0.3 is 10.4 Å². The van der Waals surface area contributed by atoms with E-state index in [-0.39, 0.29) is 12.8 Å². The molecule has 1 aromatic carbocycles. The van der Waals surface area contributed by atoms with Crippen LogP contribution in [0, 0.1) is 23.0 Å². The molecule has 5 nitrogen and oxygen atoms in total. The van der Waals surface area contributed by atoms with E-state index >= 15 is 0 Å². The number of nitrogens with one attached hydrogen (secondary N) is 1. The fraction of sp³-hybridized carbons (Fsp3) is 0.250. The maximum atomic E-state index is 13.3. The highest BCUT2D eigenvalue weighted by Crippen LogP contribution is 2.11. The van der Waals surface area contributed by atoms with E-state index < -0.39 is 35.1 Å². The van der Waals surface area contributed by atoms with Crippen LogP contribution < -0.4 is 5.32 Å². The minimum Gasteiger partial charge on any atom is -0.480 e. The number of aliphatic carboxylic acids is 1. The van der Waals surface area contributed by atoms with Crippen molar-refractivity contribution in [1.29, 1.82) is 5.26 Å². The number of benzene rings is 1. The van der Waals surface area contributed by atoms with Crippen molar-refractivity contribution in [2.75, 3.05) is 0 Å². The van der Waals surface area contributed by atoms with E-state index in [1.807, 2.05) is 5.32 Å². The number of carboxylic acids is 1. The van der Waals surface area contributed by atoms with Gasteiger partial charge in [-0.25, -0.2) is 13.6 Å². The summed E-state index contributed by atoms with van der Waals surface area (Å²) in [4.78, 5) is 22.5. The predicted molar refractivity (Wildman–Crippen MR) is 60.1 cm³/mol. The van der Waals surface area contributed by atoms with E-state index in [4.69, 9.17) is 10.4 Å². The maximum absolute atomic E-state index is 13.3. The molecule has 0 saturated carbocycles. The van der Waals surface area contributed by atoms with Gasteiger partial charge in [-0.2, -0.15) is 5.26 Å². The highest BCUT2D eigenvalue weighted by atomic mass is 19.2. The molecule has 0 saturated heterocycles. The van der Waals surface area contributed by atoms with Crippen LogP contribution in [-0.2, 0) is 4.79 Å². The van der Waals surface area contributed by atoms with Crippen molar-refractivity contribution in [2.45, 2.75) is 18.9 Å². The van der Waals surface area contributed by atoms with E-state index in [1.54, 1.807) is 6.07 Å². The molecule has 2 N–H and O–H groups in total. The van der Waals surface area contributed by atoms with Crippen molar-refractivity contribution < 1.29 is 23.5 Å². The molecule has 1 atom stereocenters. The van der Waals surface area contributed by atoms with Gasteiger partial charge in [0, 0.05) is 6.42 Å². The molecule has 7 heteroatoms. The summed E-state index contributed by atoms with van der Waals surface area (Å²) >= 11 is 0. The predicted octanol–water partition coefficient (Wildman–Crippen LogP) is 1.45. The van der Waals surface area contributed by atoms with Crippen molar-refractivity contribution in [3.8, 4) is 6.07 Å². The van der Waals surface area contributed by atoms with Crippen molar-refractivity contribution in [1.82, 2.24) is 5.32 Å². The van der Waals surface area contributed by atoms with Crippen LogP contribution in [0.15, 0.2) is 18.2 Å². The van der Waals surface area contributed by atoms with Gasteiger partial charge in [0.05, 0.1) is 11.6 Å². The smallest absolute Gasteiger partial charge is 0.326 e. The molecule has 0 bridgehead atoms. The van der Waals surface area contributed by atoms with Crippen LogP contribution in [0.3, 0.4) is 0 Å². The van der Waals surface area contributed by atoms with Crippen LogP contribution in [0.25, 0.3) is 0 Å². The fourth-order valence-electron chi connectivity index (χ4n) is 1.38. The summed E-state index contributed by atoms with van der Waals surface area (Å²) in [7, 11) is 0. The van der Waals surface area contributed by atoms with Crippen molar-refractivity contribution in [3.05, 3.63) is 35.4 Å². The summed E-state index contributed by atoms with van der Waals surface area (Å²) in [6, 6.07) is 3.43. The van der Waals surface area contributed by atoms with Gasteiger partial charge in [0.15, 0.2) is 11.6 Å². The van der Waals surface area contributed by atoms with Gasteiger partial charge in [-0.3, -0.25) is 4.79 Å². The first-order valence-corrected chi connectivity index (χ1v) is 5.32. The Morgan fingerprint density at radius 1 is 1.42 bits per heavy atom. The molecule has 0 aromatic heterocycles. The quantitative estimate of drug-likeness (QED) is 0.845. The molecule has 100 valence electrons. The van der Waals surface area contributed by atoms with Gasteiger partial charge in [0.1, 0.15) is 6.04 Å². The number of carboxylic acid groups (broad SMARTS) is 1. The Morgan fingerprint density at radius 2 is 2.11 bits per heavy atom. The molecule has 0 heterocycles. The zero-order valence-electron chi connectivity index (χ0n) is 9.69. The highest BCUT2D eigenvalue weighted by molar-refractivity contribution is 5.96. The Morgan fingerprint density at radius 3 is 2.68 bits per heavy atom. The Balaban J connectivity index is 2.85. The Bertz CT molecular complexity index is 540. The van der Waals surface area contributed by atoms with Crippen LogP contribution >= 0.6 is 0 Å². The zero-order valence-corrected chi connectivity index (χ0v) is 9.69. The Hall–Kier alpha value is -2.49. The summed E-state index contributed by atoms with van der Waals surface area (Å²) in [6.07, 6.45) is -0.197. The van der Waals surface area contributed by atoms with Crippen LogP contribution in [-0.4, -0.2) is 23.0 Å². The number of carbonyl (C=O) groups is 2. The van der Waals surface area contributed by atoms with E-state index in [0.717, 1.165) is 18.2 Å². The Kier molecular flexibility index (Phi) is 4.94. The van der Waals surface area contributed by atoms with Crippen LogP contribution in [0.4, 0.5) is 8.78 Å². The Labute approximate surface area is 107 Å². The maximum Gasteiger partial charge on any atom is 0.326 e. The molecule has 19 heavy (non-hydrogen) atoms. The van der Waals surface area contributed by atoms with Gasteiger partial charge in [0.2, 0.25) is 0 Å². The van der Waals surface area contributed by atoms with E-state index in [2.05, 4.69) is 0 Å². The number of halogens is 2. The highest BCUT2D eigenvalue weighted by Gasteiger charge is 2.22. The SMILES string of the molecule is N#CCC[C@@H](NC(=O)c1cccc(F)c1F)C(=O)O. The molecule has 0 radical (unpaired) electrons. The number of nitriles is 1.